The van der Waals surface area contributed by atoms with Crippen LogP contribution in [0.3, 0.4) is 0 Å². The smallest absolute Gasteiger partial charge is 0.186 e. The molecule has 3 heteroatoms. The average Bonchev–Trinajstić information content (AvgIpc) is 2.48. The lowest BCUT2D eigenvalue weighted by atomic mass is 9.76. The van der Waals surface area contributed by atoms with Gasteiger partial charge in [0.05, 0.1) is 6.54 Å². The van der Waals surface area contributed by atoms with E-state index in [9.17, 15) is 0 Å². The highest BCUT2D eigenvalue weighted by Crippen LogP contribution is 2.34. The molecule has 2 aliphatic heterocycles. The van der Waals surface area contributed by atoms with Crippen LogP contribution in [-0.2, 0) is 4.74 Å². The highest BCUT2D eigenvalue weighted by Gasteiger charge is 2.40. The maximum absolute atomic E-state index is 5.60. The van der Waals surface area contributed by atoms with Crippen molar-refractivity contribution in [2.24, 2.45) is 10.9 Å². The van der Waals surface area contributed by atoms with Gasteiger partial charge >= 0.3 is 0 Å². The largest absolute Gasteiger partial charge is 0.479 e. The van der Waals surface area contributed by atoms with E-state index in [0.717, 1.165) is 31.9 Å². The number of nitrogens with one attached hydrogen (secondary N) is 1. The molecule has 0 amide bonds. The minimum absolute atomic E-state index is 0.181. The number of piperidine rings is 1. The minimum atomic E-state index is 0.181. The Morgan fingerprint density at radius 2 is 1.80 bits per heavy atom. The molecular formula is C12H22N2O. The Hall–Kier alpha value is -0.570. The first-order valence-electron chi connectivity index (χ1n) is 5.84. The van der Waals surface area contributed by atoms with Crippen LogP contribution in [0.25, 0.3) is 0 Å². The maximum atomic E-state index is 5.60. The molecule has 0 aliphatic carbocycles. The van der Waals surface area contributed by atoms with Gasteiger partial charge in [-0.2, -0.15) is 0 Å². The molecule has 1 saturated heterocycles. The van der Waals surface area contributed by atoms with E-state index in [2.05, 4.69) is 38.0 Å². The van der Waals surface area contributed by atoms with Crippen molar-refractivity contribution < 1.29 is 4.74 Å². The third-order valence-corrected chi connectivity index (χ3v) is 3.15. The molecule has 2 rings (SSSR count). The van der Waals surface area contributed by atoms with E-state index >= 15 is 0 Å². The summed E-state index contributed by atoms with van der Waals surface area (Å²) in [4.78, 5) is 4.46. The van der Waals surface area contributed by atoms with Crippen molar-refractivity contribution >= 4 is 5.90 Å². The van der Waals surface area contributed by atoms with Crippen molar-refractivity contribution in [3.63, 3.8) is 0 Å². The maximum Gasteiger partial charge on any atom is 0.186 e. The monoisotopic (exact) mass is 210 g/mol. The third-order valence-electron chi connectivity index (χ3n) is 3.15. The van der Waals surface area contributed by atoms with E-state index in [1.54, 1.807) is 0 Å². The van der Waals surface area contributed by atoms with Crippen molar-refractivity contribution in [3.8, 4) is 0 Å². The van der Waals surface area contributed by atoms with Gasteiger partial charge in [-0.1, -0.05) is 0 Å². The van der Waals surface area contributed by atoms with Crippen molar-refractivity contribution in [2.75, 3.05) is 13.2 Å². The number of ether oxygens (including phenoxy) is 1. The molecule has 2 heterocycles. The molecule has 2 aliphatic rings. The van der Waals surface area contributed by atoms with Crippen LogP contribution < -0.4 is 5.32 Å². The van der Waals surface area contributed by atoms with Gasteiger partial charge in [0.1, 0.15) is 6.61 Å². The van der Waals surface area contributed by atoms with Gasteiger partial charge in [0.2, 0.25) is 0 Å². The highest BCUT2D eigenvalue weighted by atomic mass is 16.5. The summed E-state index contributed by atoms with van der Waals surface area (Å²) in [5.41, 5.74) is 0.363. The fourth-order valence-electron chi connectivity index (χ4n) is 3.10. The Labute approximate surface area is 92.3 Å². The second-order valence-corrected chi connectivity index (χ2v) is 6.07. The fourth-order valence-corrected chi connectivity index (χ4v) is 3.10. The molecule has 15 heavy (non-hydrogen) atoms. The molecule has 0 aromatic carbocycles. The van der Waals surface area contributed by atoms with Crippen molar-refractivity contribution in [1.82, 2.24) is 5.32 Å². The zero-order chi connectivity index (χ0) is 11.1. The molecule has 1 fully saturated rings. The summed E-state index contributed by atoms with van der Waals surface area (Å²) in [5, 5.41) is 3.67. The highest BCUT2D eigenvalue weighted by molar-refractivity contribution is 5.80. The number of hydrogen-bond acceptors (Lipinski definition) is 3. The van der Waals surface area contributed by atoms with Crippen LogP contribution in [0.15, 0.2) is 4.99 Å². The van der Waals surface area contributed by atoms with E-state index in [0.29, 0.717) is 5.92 Å². The van der Waals surface area contributed by atoms with Crippen LogP contribution in [0.4, 0.5) is 0 Å². The Morgan fingerprint density at radius 1 is 1.20 bits per heavy atom. The Kier molecular flexibility index (Phi) is 2.53. The number of rotatable bonds is 1. The van der Waals surface area contributed by atoms with Gasteiger partial charge in [0, 0.05) is 17.0 Å². The molecule has 0 saturated carbocycles. The van der Waals surface area contributed by atoms with Gasteiger partial charge in [-0.3, -0.25) is 4.99 Å². The Morgan fingerprint density at radius 3 is 2.27 bits per heavy atom. The number of hydrogen-bond donors (Lipinski definition) is 1. The van der Waals surface area contributed by atoms with Crippen molar-refractivity contribution in [2.45, 2.75) is 51.6 Å². The molecule has 3 nitrogen and oxygen atoms in total. The quantitative estimate of drug-likeness (QED) is 0.718. The van der Waals surface area contributed by atoms with Gasteiger partial charge in [-0.25, -0.2) is 0 Å². The first-order chi connectivity index (χ1) is 6.88. The lowest BCUT2D eigenvalue weighted by molar-refractivity contribution is 0.144. The second-order valence-electron chi connectivity index (χ2n) is 6.07. The van der Waals surface area contributed by atoms with Gasteiger partial charge < -0.3 is 10.1 Å². The molecular weight excluding hydrogens is 188 g/mol. The van der Waals surface area contributed by atoms with Gasteiger partial charge in [0.25, 0.3) is 0 Å². The molecule has 0 spiro atoms. The minimum Gasteiger partial charge on any atom is -0.479 e. The summed E-state index contributed by atoms with van der Waals surface area (Å²) >= 11 is 0. The van der Waals surface area contributed by atoms with Gasteiger partial charge in [-0.05, 0) is 40.5 Å². The first-order valence-corrected chi connectivity index (χ1v) is 5.84. The van der Waals surface area contributed by atoms with E-state index in [1.807, 2.05) is 0 Å². The van der Waals surface area contributed by atoms with Crippen LogP contribution >= 0.6 is 0 Å². The van der Waals surface area contributed by atoms with Crippen molar-refractivity contribution in [1.29, 1.82) is 0 Å². The molecule has 1 N–H and O–H groups in total. The third kappa shape index (κ3) is 2.51. The Balaban J connectivity index is 2.13. The van der Waals surface area contributed by atoms with Crippen LogP contribution in [0.1, 0.15) is 40.5 Å². The Bertz CT molecular complexity index is 265. The topological polar surface area (TPSA) is 33.6 Å². The summed E-state index contributed by atoms with van der Waals surface area (Å²) in [6.45, 7) is 10.7. The van der Waals surface area contributed by atoms with Crippen LogP contribution in [0.2, 0.25) is 0 Å². The molecule has 0 radical (unpaired) electrons. The predicted octanol–water partition coefficient (Wildman–Crippen LogP) is 1.97. The second kappa shape index (κ2) is 3.48. The predicted molar refractivity (Wildman–Crippen MR) is 62.3 cm³/mol. The van der Waals surface area contributed by atoms with Crippen molar-refractivity contribution in [3.05, 3.63) is 0 Å². The van der Waals surface area contributed by atoms with E-state index in [-0.39, 0.29) is 11.1 Å². The lowest BCUT2D eigenvalue weighted by Gasteiger charge is -2.46. The molecule has 86 valence electrons. The van der Waals surface area contributed by atoms with Crippen LogP contribution in [0.5, 0.6) is 0 Å². The molecule has 0 atom stereocenters. The fraction of sp³-hybridized carbons (Fsp3) is 0.917. The standard InChI is InChI=1S/C12H22N2O/c1-11(2)7-9(8-12(3,4)14-11)10-13-5-6-15-10/h9,14H,5-8H2,1-4H3. The summed E-state index contributed by atoms with van der Waals surface area (Å²) in [5.74, 6) is 1.50. The van der Waals surface area contributed by atoms with Crippen LogP contribution in [0, 0.1) is 5.92 Å². The molecule has 0 bridgehead atoms. The average molecular weight is 210 g/mol. The lowest BCUT2D eigenvalue weighted by Crippen LogP contribution is -2.58. The van der Waals surface area contributed by atoms with E-state index < -0.39 is 0 Å². The summed E-state index contributed by atoms with van der Waals surface area (Å²) in [6, 6.07) is 0. The SMILES string of the molecule is CC1(C)CC(C2=NCCO2)CC(C)(C)N1. The van der Waals surface area contributed by atoms with Gasteiger partial charge in [0.15, 0.2) is 5.90 Å². The van der Waals surface area contributed by atoms with E-state index in [4.69, 9.17) is 4.74 Å². The van der Waals surface area contributed by atoms with Gasteiger partial charge in [-0.15, -0.1) is 0 Å². The first kappa shape index (κ1) is 10.9. The van der Waals surface area contributed by atoms with Crippen LogP contribution in [-0.4, -0.2) is 30.1 Å². The normalized spacial score (nSPS) is 29.7. The number of aliphatic imine (C=N–C) groups is 1. The number of nitrogens with zero attached hydrogens (tertiary/aromatic N) is 1. The summed E-state index contributed by atoms with van der Waals surface area (Å²) in [6.07, 6.45) is 2.24. The molecule has 0 aromatic rings. The summed E-state index contributed by atoms with van der Waals surface area (Å²) < 4.78 is 5.60. The molecule has 0 aromatic heterocycles. The van der Waals surface area contributed by atoms with E-state index in [1.165, 1.54) is 0 Å². The molecule has 0 unspecified atom stereocenters. The zero-order valence-corrected chi connectivity index (χ0v) is 10.3. The zero-order valence-electron chi connectivity index (χ0n) is 10.3. The summed E-state index contributed by atoms with van der Waals surface area (Å²) in [7, 11) is 0.